The van der Waals surface area contributed by atoms with Crippen LogP contribution in [0.3, 0.4) is 0 Å². The van der Waals surface area contributed by atoms with Crippen molar-refractivity contribution < 1.29 is 4.79 Å². The van der Waals surface area contributed by atoms with Crippen molar-refractivity contribution in [2.75, 3.05) is 0 Å². The van der Waals surface area contributed by atoms with Gasteiger partial charge in [0.25, 0.3) is 0 Å². The molecule has 1 N–H and O–H groups in total. The zero-order chi connectivity index (χ0) is 16.9. The van der Waals surface area contributed by atoms with Gasteiger partial charge in [-0.1, -0.05) is 75.4 Å². The molecule has 0 aliphatic carbocycles. The van der Waals surface area contributed by atoms with Gasteiger partial charge in [-0.25, -0.2) is 0 Å². The van der Waals surface area contributed by atoms with Gasteiger partial charge in [-0.2, -0.15) is 0 Å². The molecule has 0 bridgehead atoms. The van der Waals surface area contributed by atoms with Crippen molar-refractivity contribution >= 4 is 5.91 Å². The van der Waals surface area contributed by atoms with Crippen LogP contribution < -0.4 is 5.32 Å². The van der Waals surface area contributed by atoms with Crippen LogP contribution in [-0.4, -0.2) is 5.91 Å². The molecule has 0 heterocycles. The molecule has 1 amide bonds. The van der Waals surface area contributed by atoms with E-state index in [4.69, 9.17) is 0 Å². The predicted molar refractivity (Wildman–Crippen MR) is 96.5 cm³/mol. The molecule has 0 spiro atoms. The monoisotopic (exact) mass is 309 g/mol. The number of nitrogens with one attached hydrogen (secondary N) is 1. The average Bonchev–Trinajstić information content (AvgIpc) is 2.53. The van der Waals surface area contributed by atoms with Crippen molar-refractivity contribution in [1.29, 1.82) is 0 Å². The van der Waals surface area contributed by atoms with E-state index in [1.54, 1.807) is 0 Å². The summed E-state index contributed by atoms with van der Waals surface area (Å²) >= 11 is 0. The van der Waals surface area contributed by atoms with Gasteiger partial charge in [0.05, 0.1) is 6.04 Å². The van der Waals surface area contributed by atoms with Gasteiger partial charge in [0.2, 0.25) is 5.91 Å². The maximum absolute atomic E-state index is 12.1. The number of hydrogen-bond donors (Lipinski definition) is 1. The molecule has 0 saturated heterocycles. The number of hydrogen-bond acceptors (Lipinski definition) is 1. The molecule has 2 heteroatoms. The van der Waals surface area contributed by atoms with Crippen LogP contribution in [0.2, 0.25) is 0 Å². The summed E-state index contributed by atoms with van der Waals surface area (Å²) in [6, 6.07) is 18.7. The van der Waals surface area contributed by atoms with Gasteiger partial charge in [0, 0.05) is 6.42 Å². The molecule has 2 rings (SSSR count). The van der Waals surface area contributed by atoms with E-state index >= 15 is 0 Å². The van der Waals surface area contributed by atoms with Gasteiger partial charge in [-0.15, -0.1) is 0 Å². The smallest absolute Gasteiger partial charge is 0.220 e. The van der Waals surface area contributed by atoms with E-state index < -0.39 is 0 Å². The first-order valence-electron chi connectivity index (χ1n) is 8.30. The van der Waals surface area contributed by atoms with Crippen molar-refractivity contribution in [2.45, 2.75) is 52.0 Å². The fourth-order valence-corrected chi connectivity index (χ4v) is 2.57. The van der Waals surface area contributed by atoms with Crippen LogP contribution in [0.1, 0.15) is 56.8 Å². The minimum Gasteiger partial charge on any atom is -0.350 e. The van der Waals surface area contributed by atoms with E-state index in [0.717, 1.165) is 12.0 Å². The first-order valence-corrected chi connectivity index (χ1v) is 8.30. The Bertz CT molecular complexity index is 623. The molecule has 2 nitrogen and oxygen atoms in total. The number of carbonyl (C=O) groups excluding carboxylic acids is 1. The SMILES string of the molecule is C[C@@H](NC(=O)CCc1ccccc1)c1ccc(C(C)(C)C)cc1. The molecule has 0 aliphatic rings. The second-order valence-corrected chi connectivity index (χ2v) is 7.15. The van der Waals surface area contributed by atoms with Crippen molar-refractivity contribution in [1.82, 2.24) is 5.32 Å². The van der Waals surface area contributed by atoms with Crippen molar-refractivity contribution in [3.8, 4) is 0 Å². The zero-order valence-corrected chi connectivity index (χ0v) is 14.6. The lowest BCUT2D eigenvalue weighted by atomic mass is 9.86. The number of carbonyl (C=O) groups is 1. The van der Waals surface area contributed by atoms with E-state index in [1.807, 2.05) is 25.1 Å². The van der Waals surface area contributed by atoms with E-state index in [9.17, 15) is 4.79 Å². The topological polar surface area (TPSA) is 29.1 Å². The standard InChI is InChI=1S/C21H27NO/c1-16(18-11-13-19(14-12-18)21(2,3)4)22-20(23)15-10-17-8-6-5-7-9-17/h5-9,11-14,16H,10,15H2,1-4H3,(H,22,23)/t16-/m1/s1. The Hall–Kier alpha value is -2.09. The second-order valence-electron chi connectivity index (χ2n) is 7.15. The normalized spacial score (nSPS) is 12.7. The molecule has 122 valence electrons. The van der Waals surface area contributed by atoms with E-state index in [2.05, 4.69) is 62.5 Å². The molecular formula is C21H27NO. The maximum atomic E-state index is 12.1. The van der Waals surface area contributed by atoms with E-state index in [1.165, 1.54) is 11.1 Å². The Morgan fingerprint density at radius 2 is 1.61 bits per heavy atom. The summed E-state index contributed by atoms with van der Waals surface area (Å²) in [5, 5.41) is 3.09. The molecule has 2 aromatic rings. The van der Waals surface area contributed by atoms with Gasteiger partial charge >= 0.3 is 0 Å². The molecule has 2 aromatic carbocycles. The molecule has 0 aliphatic heterocycles. The van der Waals surface area contributed by atoms with Crippen LogP contribution in [0.25, 0.3) is 0 Å². The van der Waals surface area contributed by atoms with Crippen LogP contribution in [0.15, 0.2) is 54.6 Å². The van der Waals surface area contributed by atoms with Crippen LogP contribution in [0.4, 0.5) is 0 Å². The highest BCUT2D eigenvalue weighted by Gasteiger charge is 2.14. The molecule has 0 saturated carbocycles. The molecule has 1 atom stereocenters. The van der Waals surface area contributed by atoms with Crippen LogP contribution in [0.5, 0.6) is 0 Å². The minimum atomic E-state index is 0.0345. The fourth-order valence-electron chi connectivity index (χ4n) is 2.57. The third kappa shape index (κ3) is 5.24. The Morgan fingerprint density at radius 1 is 1.00 bits per heavy atom. The molecule has 23 heavy (non-hydrogen) atoms. The quantitative estimate of drug-likeness (QED) is 0.845. The highest BCUT2D eigenvalue weighted by molar-refractivity contribution is 5.76. The first kappa shape index (κ1) is 17.3. The first-order chi connectivity index (χ1) is 10.9. The Balaban J connectivity index is 1.88. The van der Waals surface area contributed by atoms with Crippen LogP contribution in [0, 0.1) is 0 Å². The minimum absolute atomic E-state index is 0.0345. The number of amides is 1. The lowest BCUT2D eigenvalue weighted by molar-refractivity contribution is -0.121. The molecule has 0 fully saturated rings. The van der Waals surface area contributed by atoms with Crippen LogP contribution >= 0.6 is 0 Å². The van der Waals surface area contributed by atoms with Gasteiger partial charge in [-0.05, 0) is 35.4 Å². The molecular weight excluding hydrogens is 282 g/mol. The highest BCUT2D eigenvalue weighted by atomic mass is 16.1. The van der Waals surface area contributed by atoms with Crippen molar-refractivity contribution in [3.63, 3.8) is 0 Å². The third-order valence-corrected chi connectivity index (χ3v) is 4.14. The lowest BCUT2D eigenvalue weighted by Gasteiger charge is -2.20. The zero-order valence-electron chi connectivity index (χ0n) is 14.6. The fraction of sp³-hybridized carbons (Fsp3) is 0.381. The summed E-state index contributed by atoms with van der Waals surface area (Å²) in [5.74, 6) is 0.0984. The summed E-state index contributed by atoms with van der Waals surface area (Å²) in [7, 11) is 0. The largest absolute Gasteiger partial charge is 0.350 e. The highest BCUT2D eigenvalue weighted by Crippen LogP contribution is 2.23. The number of aryl methyl sites for hydroxylation is 1. The van der Waals surface area contributed by atoms with Gasteiger partial charge in [0.1, 0.15) is 0 Å². The summed E-state index contributed by atoms with van der Waals surface area (Å²) in [4.78, 5) is 12.1. The summed E-state index contributed by atoms with van der Waals surface area (Å²) in [5.41, 5.74) is 3.81. The number of rotatable bonds is 5. The molecule has 0 radical (unpaired) electrons. The van der Waals surface area contributed by atoms with Gasteiger partial charge in [-0.3, -0.25) is 4.79 Å². The van der Waals surface area contributed by atoms with E-state index in [-0.39, 0.29) is 17.4 Å². The van der Waals surface area contributed by atoms with Crippen LogP contribution in [-0.2, 0) is 16.6 Å². The van der Waals surface area contributed by atoms with Gasteiger partial charge < -0.3 is 5.32 Å². The Morgan fingerprint density at radius 3 is 2.17 bits per heavy atom. The summed E-state index contributed by atoms with van der Waals surface area (Å²) < 4.78 is 0. The van der Waals surface area contributed by atoms with Crippen molar-refractivity contribution in [3.05, 3.63) is 71.3 Å². The van der Waals surface area contributed by atoms with E-state index in [0.29, 0.717) is 6.42 Å². The predicted octanol–water partition coefficient (Wildman–Crippen LogP) is 4.79. The molecule has 0 aromatic heterocycles. The third-order valence-electron chi connectivity index (χ3n) is 4.14. The number of benzene rings is 2. The van der Waals surface area contributed by atoms with Gasteiger partial charge in [0.15, 0.2) is 0 Å². The summed E-state index contributed by atoms with van der Waals surface area (Å²) in [6.45, 7) is 8.65. The molecule has 0 unspecified atom stereocenters. The lowest BCUT2D eigenvalue weighted by Crippen LogP contribution is -2.26. The summed E-state index contributed by atoms with van der Waals surface area (Å²) in [6.07, 6.45) is 1.30. The average molecular weight is 309 g/mol. The maximum Gasteiger partial charge on any atom is 0.220 e. The van der Waals surface area contributed by atoms with Crippen molar-refractivity contribution in [2.24, 2.45) is 0 Å². The second kappa shape index (κ2) is 7.45. The Labute approximate surface area is 139 Å². The Kier molecular flexibility index (Phi) is 5.59.